The van der Waals surface area contributed by atoms with Crippen LogP contribution in [0, 0.1) is 28.4 Å². The van der Waals surface area contributed by atoms with Gasteiger partial charge >= 0.3 is 0 Å². The maximum Gasteiger partial charge on any atom is 0.269 e. The first-order valence-corrected chi connectivity index (χ1v) is 8.50. The molecule has 0 atom stereocenters. The monoisotopic (exact) mass is 356 g/mol. The quantitative estimate of drug-likeness (QED) is 0.468. The minimum absolute atomic E-state index is 0.0964. The Morgan fingerprint density at radius 3 is 2.48 bits per heavy atom. The third-order valence-electron chi connectivity index (χ3n) is 3.76. The number of aromatic nitrogens is 2. The first-order valence-electron chi connectivity index (χ1n) is 7.73. The fourth-order valence-electron chi connectivity index (χ4n) is 2.51. The van der Waals surface area contributed by atoms with Crippen molar-refractivity contribution in [2.45, 2.75) is 11.8 Å². The minimum atomic E-state index is -0.398. The number of hydrogen-bond donors (Lipinski definition) is 0. The molecular weight excluding hydrogens is 340 g/mol. The lowest BCUT2D eigenvalue weighted by Gasteiger charge is -2.33. The second-order valence-corrected chi connectivity index (χ2v) is 6.74. The van der Waals surface area contributed by atoms with E-state index in [1.807, 2.05) is 6.92 Å². The van der Waals surface area contributed by atoms with Crippen LogP contribution in [0.25, 0.3) is 0 Å². The SMILES string of the molecule is Cc1cc(C#N)nc(N2CCN(Sc3ccc([N+](=O)[O-])cc3)CC2)n1. The van der Waals surface area contributed by atoms with Crippen molar-refractivity contribution in [3.8, 4) is 6.07 Å². The van der Waals surface area contributed by atoms with Crippen LogP contribution in [-0.2, 0) is 0 Å². The molecule has 1 aromatic heterocycles. The standard InChI is InChI=1S/C16H16N6O2S/c1-12-10-13(11-17)19-16(18-12)20-6-8-21(9-7-20)25-15-4-2-14(3-5-15)22(23)24/h2-5,10H,6-9H2,1H3. The van der Waals surface area contributed by atoms with Crippen LogP contribution in [0.3, 0.4) is 0 Å². The van der Waals surface area contributed by atoms with Crippen molar-refractivity contribution in [1.82, 2.24) is 14.3 Å². The Labute approximate surface area is 149 Å². The Bertz CT molecular complexity index is 812. The van der Waals surface area contributed by atoms with Gasteiger partial charge in [-0.15, -0.1) is 0 Å². The Hall–Kier alpha value is -2.70. The van der Waals surface area contributed by atoms with Crippen LogP contribution in [0.2, 0.25) is 0 Å². The fourth-order valence-corrected chi connectivity index (χ4v) is 3.41. The van der Waals surface area contributed by atoms with Gasteiger partial charge in [0.05, 0.1) is 4.92 Å². The molecule has 0 spiro atoms. The van der Waals surface area contributed by atoms with Crippen LogP contribution in [0.1, 0.15) is 11.4 Å². The summed E-state index contributed by atoms with van der Waals surface area (Å²) in [5, 5.41) is 19.7. The van der Waals surface area contributed by atoms with E-state index >= 15 is 0 Å². The number of anilines is 1. The summed E-state index contributed by atoms with van der Waals surface area (Å²) in [6.45, 7) is 4.98. The topological polar surface area (TPSA) is 99.2 Å². The molecule has 2 heterocycles. The van der Waals surface area contributed by atoms with Gasteiger partial charge in [0.2, 0.25) is 5.95 Å². The van der Waals surface area contributed by atoms with Gasteiger partial charge in [0.15, 0.2) is 0 Å². The van der Waals surface area contributed by atoms with Crippen molar-refractivity contribution < 1.29 is 4.92 Å². The number of hydrogen-bond acceptors (Lipinski definition) is 8. The number of piperazine rings is 1. The number of benzene rings is 1. The second kappa shape index (κ2) is 7.46. The zero-order valence-electron chi connectivity index (χ0n) is 13.6. The predicted molar refractivity (Wildman–Crippen MR) is 94.2 cm³/mol. The van der Waals surface area contributed by atoms with Crippen LogP contribution in [0.15, 0.2) is 35.2 Å². The van der Waals surface area contributed by atoms with Gasteiger partial charge in [-0.3, -0.25) is 10.1 Å². The van der Waals surface area contributed by atoms with E-state index in [-0.39, 0.29) is 5.69 Å². The van der Waals surface area contributed by atoms with Crippen LogP contribution in [0.4, 0.5) is 11.6 Å². The number of non-ortho nitro benzene ring substituents is 1. The molecule has 0 unspecified atom stereocenters. The molecule has 1 saturated heterocycles. The van der Waals surface area contributed by atoms with Crippen LogP contribution in [0.5, 0.6) is 0 Å². The largest absolute Gasteiger partial charge is 0.338 e. The van der Waals surface area contributed by atoms with Crippen molar-refractivity contribution >= 4 is 23.6 Å². The van der Waals surface area contributed by atoms with Gasteiger partial charge in [-0.1, -0.05) is 0 Å². The molecule has 9 heteroatoms. The van der Waals surface area contributed by atoms with Gasteiger partial charge in [-0.25, -0.2) is 14.3 Å². The Balaban J connectivity index is 1.59. The highest BCUT2D eigenvalue weighted by molar-refractivity contribution is 7.97. The molecule has 1 fully saturated rings. The zero-order chi connectivity index (χ0) is 17.8. The molecule has 3 rings (SSSR count). The molecule has 25 heavy (non-hydrogen) atoms. The summed E-state index contributed by atoms with van der Waals surface area (Å²) in [5.41, 5.74) is 1.26. The van der Waals surface area contributed by atoms with Gasteiger partial charge in [0.1, 0.15) is 11.8 Å². The van der Waals surface area contributed by atoms with Crippen molar-refractivity contribution in [1.29, 1.82) is 5.26 Å². The van der Waals surface area contributed by atoms with E-state index < -0.39 is 4.92 Å². The van der Waals surface area contributed by atoms with Gasteiger partial charge < -0.3 is 4.90 Å². The van der Waals surface area contributed by atoms with E-state index in [9.17, 15) is 10.1 Å². The van der Waals surface area contributed by atoms with Crippen LogP contribution >= 0.6 is 11.9 Å². The number of nitrogens with zero attached hydrogens (tertiary/aromatic N) is 6. The summed E-state index contributed by atoms with van der Waals surface area (Å²) in [7, 11) is 0. The molecule has 1 aliphatic rings. The van der Waals surface area contributed by atoms with E-state index in [0.29, 0.717) is 11.6 Å². The lowest BCUT2D eigenvalue weighted by atomic mass is 10.3. The maximum absolute atomic E-state index is 10.7. The van der Waals surface area contributed by atoms with E-state index in [4.69, 9.17) is 5.26 Å². The average molecular weight is 356 g/mol. The molecule has 8 nitrogen and oxygen atoms in total. The van der Waals surface area contributed by atoms with Crippen LogP contribution in [-0.4, -0.2) is 45.4 Å². The zero-order valence-corrected chi connectivity index (χ0v) is 14.4. The lowest BCUT2D eigenvalue weighted by molar-refractivity contribution is -0.384. The average Bonchev–Trinajstić information content (AvgIpc) is 2.62. The molecule has 0 bridgehead atoms. The highest BCUT2D eigenvalue weighted by Gasteiger charge is 2.20. The summed E-state index contributed by atoms with van der Waals surface area (Å²) in [6, 6.07) is 10.3. The summed E-state index contributed by atoms with van der Waals surface area (Å²) in [4.78, 5) is 22.0. The third kappa shape index (κ3) is 4.23. The van der Waals surface area contributed by atoms with Crippen molar-refractivity contribution in [2.75, 3.05) is 31.1 Å². The highest BCUT2D eigenvalue weighted by Crippen LogP contribution is 2.26. The molecule has 0 amide bonds. The molecule has 1 aromatic carbocycles. The third-order valence-corrected chi connectivity index (χ3v) is 4.87. The van der Waals surface area contributed by atoms with E-state index in [0.717, 1.165) is 36.8 Å². The summed E-state index contributed by atoms with van der Waals surface area (Å²) >= 11 is 1.58. The van der Waals surface area contributed by atoms with E-state index in [2.05, 4.69) is 25.2 Å². The van der Waals surface area contributed by atoms with Gasteiger partial charge in [0, 0.05) is 48.9 Å². The minimum Gasteiger partial charge on any atom is -0.338 e. The molecule has 0 saturated carbocycles. The van der Waals surface area contributed by atoms with Gasteiger partial charge in [-0.05, 0) is 37.1 Å². The molecule has 0 aliphatic carbocycles. The van der Waals surface area contributed by atoms with Gasteiger partial charge in [0.25, 0.3) is 5.69 Å². The Kier molecular flexibility index (Phi) is 5.11. The first-order chi connectivity index (χ1) is 12.0. The molecule has 128 valence electrons. The molecule has 0 N–H and O–H groups in total. The number of nitro groups is 1. The Morgan fingerprint density at radius 1 is 1.20 bits per heavy atom. The number of nitro benzene ring substituents is 1. The highest BCUT2D eigenvalue weighted by atomic mass is 32.2. The van der Waals surface area contributed by atoms with Gasteiger partial charge in [-0.2, -0.15) is 5.26 Å². The van der Waals surface area contributed by atoms with Crippen molar-refractivity contribution in [2.24, 2.45) is 0 Å². The number of aryl methyl sites for hydroxylation is 1. The maximum atomic E-state index is 10.7. The van der Waals surface area contributed by atoms with E-state index in [1.165, 1.54) is 12.1 Å². The lowest BCUT2D eigenvalue weighted by Crippen LogP contribution is -2.44. The molecular formula is C16H16N6O2S. The number of nitriles is 1. The molecule has 0 radical (unpaired) electrons. The first kappa shape index (κ1) is 17.1. The van der Waals surface area contributed by atoms with Crippen LogP contribution < -0.4 is 4.90 Å². The summed E-state index contributed by atoms with van der Waals surface area (Å²) in [6.07, 6.45) is 0. The van der Waals surface area contributed by atoms with Crippen molar-refractivity contribution in [3.63, 3.8) is 0 Å². The Morgan fingerprint density at radius 2 is 1.88 bits per heavy atom. The predicted octanol–water partition coefficient (Wildman–Crippen LogP) is 2.39. The number of rotatable bonds is 4. The second-order valence-electron chi connectivity index (χ2n) is 5.56. The summed E-state index contributed by atoms with van der Waals surface area (Å²) < 4.78 is 2.21. The van der Waals surface area contributed by atoms with Crippen molar-refractivity contribution in [3.05, 3.63) is 51.8 Å². The fraction of sp³-hybridized carbons (Fsp3) is 0.312. The molecule has 2 aromatic rings. The normalized spacial score (nSPS) is 15.0. The van der Waals surface area contributed by atoms with E-state index in [1.54, 1.807) is 30.1 Å². The summed E-state index contributed by atoms with van der Waals surface area (Å²) in [5.74, 6) is 0.594. The smallest absolute Gasteiger partial charge is 0.269 e. The molecule has 1 aliphatic heterocycles.